The van der Waals surface area contributed by atoms with Gasteiger partial charge < -0.3 is 29.6 Å². The van der Waals surface area contributed by atoms with Crippen molar-refractivity contribution in [3.8, 4) is 28.3 Å². The normalized spacial score (nSPS) is 13.4. The summed E-state index contributed by atoms with van der Waals surface area (Å²) in [6.07, 6.45) is 1.86. The molecule has 11 nitrogen and oxygen atoms in total. The highest BCUT2D eigenvalue weighted by Crippen LogP contribution is 2.42. The number of morpholine rings is 1. The fourth-order valence-corrected chi connectivity index (χ4v) is 4.89. The van der Waals surface area contributed by atoms with Crippen LogP contribution in [-0.2, 0) is 16.1 Å². The van der Waals surface area contributed by atoms with E-state index in [9.17, 15) is 19.8 Å². The van der Waals surface area contributed by atoms with Crippen molar-refractivity contribution in [2.24, 2.45) is 0 Å². The first kappa shape index (κ1) is 26.1. The standard InChI is InChI=1S/C30H27N5O6/c36-25-17-26-23(16-22(25)30(38)39)28(29(41-26)19-4-2-1-3-5-19)24-18-35(33-32-24)11-10-27(37)31-20-6-8-21(9-7-20)34-12-14-40-15-13-34/h1-9,16-18,36H,10-15H2,(H,31,37)(H,38,39). The molecule has 1 fully saturated rings. The van der Waals surface area contributed by atoms with Gasteiger partial charge in [0.2, 0.25) is 5.91 Å². The van der Waals surface area contributed by atoms with Crippen molar-refractivity contribution in [2.75, 3.05) is 36.5 Å². The van der Waals surface area contributed by atoms with E-state index < -0.39 is 11.7 Å². The molecule has 3 aromatic carbocycles. The number of nitrogens with zero attached hydrogens (tertiary/aromatic N) is 4. The number of carboxylic acid groups (broad SMARTS) is 1. The number of carbonyl (C=O) groups excluding carboxylic acids is 1. The predicted molar refractivity (Wildman–Crippen MR) is 152 cm³/mol. The molecule has 41 heavy (non-hydrogen) atoms. The number of carbonyl (C=O) groups is 2. The van der Waals surface area contributed by atoms with Gasteiger partial charge in [-0.2, -0.15) is 0 Å². The number of aryl methyl sites for hydroxylation is 1. The molecule has 3 heterocycles. The van der Waals surface area contributed by atoms with Crippen LogP contribution >= 0.6 is 0 Å². The Hall–Kier alpha value is -5.16. The van der Waals surface area contributed by atoms with E-state index in [1.165, 1.54) is 12.1 Å². The summed E-state index contributed by atoms with van der Waals surface area (Å²) >= 11 is 0. The number of fused-ring (bicyclic) bond motifs is 1. The average Bonchev–Trinajstić information content (AvgIpc) is 3.61. The molecule has 2 aromatic heterocycles. The van der Waals surface area contributed by atoms with Gasteiger partial charge in [0.1, 0.15) is 28.4 Å². The third-order valence-corrected chi connectivity index (χ3v) is 6.96. The zero-order chi connectivity index (χ0) is 28.3. The molecule has 3 N–H and O–H groups in total. The molecule has 11 heteroatoms. The van der Waals surface area contributed by atoms with E-state index >= 15 is 0 Å². The Bertz CT molecular complexity index is 1710. The number of nitrogens with one attached hydrogen (secondary N) is 1. The van der Waals surface area contributed by atoms with Crippen LogP contribution < -0.4 is 10.2 Å². The minimum atomic E-state index is -1.26. The maximum atomic E-state index is 12.7. The molecule has 0 saturated carbocycles. The quantitative estimate of drug-likeness (QED) is 0.251. The fourth-order valence-electron chi connectivity index (χ4n) is 4.89. The number of furan rings is 1. The van der Waals surface area contributed by atoms with Crippen LogP contribution in [0.15, 0.2) is 77.3 Å². The molecule has 0 radical (unpaired) electrons. The van der Waals surface area contributed by atoms with Crippen LogP contribution in [-0.4, -0.2) is 63.4 Å². The lowest BCUT2D eigenvalue weighted by Crippen LogP contribution is -2.36. The molecule has 1 amide bonds. The van der Waals surface area contributed by atoms with Gasteiger partial charge in [0, 0.05) is 47.9 Å². The van der Waals surface area contributed by atoms with Crippen molar-refractivity contribution in [3.63, 3.8) is 0 Å². The van der Waals surface area contributed by atoms with Crippen LogP contribution in [0.2, 0.25) is 0 Å². The van der Waals surface area contributed by atoms with Gasteiger partial charge in [0.25, 0.3) is 0 Å². The fraction of sp³-hybridized carbons (Fsp3) is 0.200. The molecule has 6 rings (SSSR count). The number of aromatic carboxylic acids is 1. The average molecular weight is 554 g/mol. The van der Waals surface area contributed by atoms with E-state index in [4.69, 9.17) is 9.15 Å². The molecular formula is C30H27N5O6. The zero-order valence-corrected chi connectivity index (χ0v) is 22.0. The van der Waals surface area contributed by atoms with Crippen molar-refractivity contribution in [1.82, 2.24) is 15.0 Å². The van der Waals surface area contributed by atoms with E-state index in [-0.39, 0.29) is 24.4 Å². The Morgan fingerprint density at radius 1 is 1.00 bits per heavy atom. The Morgan fingerprint density at radius 2 is 1.76 bits per heavy atom. The first-order chi connectivity index (χ1) is 20.0. The summed E-state index contributed by atoms with van der Waals surface area (Å²) in [7, 11) is 0. The number of amides is 1. The van der Waals surface area contributed by atoms with Crippen LogP contribution in [0, 0.1) is 0 Å². The molecule has 208 valence electrons. The molecule has 0 aliphatic carbocycles. The van der Waals surface area contributed by atoms with Crippen LogP contribution in [0.4, 0.5) is 11.4 Å². The monoisotopic (exact) mass is 553 g/mol. The number of ether oxygens (including phenoxy) is 1. The maximum absolute atomic E-state index is 12.7. The van der Waals surface area contributed by atoms with Crippen molar-refractivity contribution in [3.05, 3.63) is 78.5 Å². The lowest BCUT2D eigenvalue weighted by Gasteiger charge is -2.28. The summed E-state index contributed by atoms with van der Waals surface area (Å²) in [4.78, 5) is 26.6. The third kappa shape index (κ3) is 5.48. The Labute approximate surface area is 234 Å². The number of carboxylic acids is 1. The highest BCUT2D eigenvalue weighted by Gasteiger charge is 2.23. The second-order valence-electron chi connectivity index (χ2n) is 9.65. The van der Waals surface area contributed by atoms with E-state index in [0.717, 1.165) is 24.3 Å². The smallest absolute Gasteiger partial charge is 0.339 e. The summed E-state index contributed by atoms with van der Waals surface area (Å²) < 4.78 is 13.0. The number of aromatic nitrogens is 3. The molecule has 1 saturated heterocycles. The van der Waals surface area contributed by atoms with E-state index in [1.54, 1.807) is 10.9 Å². The summed E-state index contributed by atoms with van der Waals surface area (Å²) in [5, 5.41) is 31.6. The number of hydrogen-bond acceptors (Lipinski definition) is 8. The van der Waals surface area contributed by atoms with Gasteiger partial charge in [-0.3, -0.25) is 9.48 Å². The third-order valence-electron chi connectivity index (χ3n) is 6.96. The summed E-state index contributed by atoms with van der Waals surface area (Å²) in [5.74, 6) is -1.35. The minimum absolute atomic E-state index is 0.165. The minimum Gasteiger partial charge on any atom is -0.507 e. The lowest BCUT2D eigenvalue weighted by molar-refractivity contribution is -0.116. The van der Waals surface area contributed by atoms with Crippen LogP contribution in [0.1, 0.15) is 16.8 Å². The van der Waals surface area contributed by atoms with Gasteiger partial charge in [0.05, 0.1) is 31.5 Å². The molecule has 0 atom stereocenters. The number of hydrogen-bond donors (Lipinski definition) is 3. The number of phenols is 1. The summed E-state index contributed by atoms with van der Waals surface area (Å²) in [6, 6.07) is 19.7. The van der Waals surface area contributed by atoms with Crippen LogP contribution in [0.25, 0.3) is 33.6 Å². The number of rotatable bonds is 8. The SMILES string of the molecule is O=C(CCn1cc(-c2c(-c3ccccc3)oc3cc(O)c(C(=O)O)cc23)nn1)Nc1ccc(N2CCOCC2)cc1. The molecule has 0 bridgehead atoms. The Kier molecular flexibility index (Phi) is 7.09. The van der Waals surface area contributed by atoms with Gasteiger partial charge in [0.15, 0.2) is 0 Å². The highest BCUT2D eigenvalue weighted by atomic mass is 16.5. The zero-order valence-electron chi connectivity index (χ0n) is 22.0. The topological polar surface area (TPSA) is 143 Å². The van der Waals surface area contributed by atoms with Crippen LogP contribution in [0.3, 0.4) is 0 Å². The maximum Gasteiger partial charge on any atom is 0.339 e. The van der Waals surface area contributed by atoms with Gasteiger partial charge in [-0.05, 0) is 30.3 Å². The second-order valence-corrected chi connectivity index (χ2v) is 9.65. The van der Waals surface area contributed by atoms with Crippen molar-refractivity contribution < 1.29 is 29.0 Å². The van der Waals surface area contributed by atoms with Crippen molar-refractivity contribution in [1.29, 1.82) is 0 Å². The Balaban J connectivity index is 1.20. The number of anilines is 2. The van der Waals surface area contributed by atoms with E-state index in [1.807, 2.05) is 54.6 Å². The predicted octanol–water partition coefficient (Wildman–Crippen LogP) is 4.63. The number of aromatic hydroxyl groups is 1. The number of benzene rings is 3. The van der Waals surface area contributed by atoms with Crippen molar-refractivity contribution >= 4 is 34.2 Å². The van der Waals surface area contributed by atoms with Gasteiger partial charge >= 0.3 is 5.97 Å². The van der Waals surface area contributed by atoms with Gasteiger partial charge in [-0.25, -0.2) is 4.79 Å². The Morgan fingerprint density at radius 3 is 2.49 bits per heavy atom. The summed E-state index contributed by atoms with van der Waals surface area (Å²) in [6.45, 7) is 3.38. The molecule has 1 aliphatic heterocycles. The first-order valence-corrected chi connectivity index (χ1v) is 13.2. The molecule has 0 unspecified atom stereocenters. The highest BCUT2D eigenvalue weighted by molar-refractivity contribution is 6.05. The van der Waals surface area contributed by atoms with E-state index in [0.29, 0.717) is 46.9 Å². The van der Waals surface area contributed by atoms with Gasteiger partial charge in [-0.1, -0.05) is 35.5 Å². The molecule has 1 aliphatic rings. The lowest BCUT2D eigenvalue weighted by atomic mass is 10.0. The van der Waals surface area contributed by atoms with E-state index in [2.05, 4.69) is 20.5 Å². The molecule has 5 aromatic rings. The first-order valence-electron chi connectivity index (χ1n) is 13.2. The summed E-state index contributed by atoms with van der Waals surface area (Å²) in [5.41, 5.74) is 3.61. The molecular weight excluding hydrogens is 526 g/mol. The van der Waals surface area contributed by atoms with Crippen molar-refractivity contribution in [2.45, 2.75) is 13.0 Å². The van der Waals surface area contributed by atoms with Gasteiger partial charge in [-0.15, -0.1) is 5.10 Å². The largest absolute Gasteiger partial charge is 0.507 e. The van der Waals surface area contributed by atoms with Crippen LogP contribution in [0.5, 0.6) is 5.75 Å². The second kappa shape index (κ2) is 11.1. The molecule has 0 spiro atoms.